The molecule has 0 saturated carbocycles. The van der Waals surface area contributed by atoms with Crippen LogP contribution in [0.5, 0.6) is 0 Å². The number of rotatable bonds is 5. The number of anilines is 2. The number of ether oxygens (including phenoxy) is 1. The van der Waals surface area contributed by atoms with Crippen LogP contribution >= 0.6 is 0 Å². The highest BCUT2D eigenvalue weighted by Gasteiger charge is 2.30. The maximum absolute atomic E-state index is 13.0. The first-order chi connectivity index (χ1) is 14.4. The third kappa shape index (κ3) is 3.96. The smallest absolute Gasteiger partial charge is 0.243 e. The second-order valence-electron chi connectivity index (χ2n) is 7.46. The fraction of sp³-hybridized carbons (Fsp3) is 0.333. The lowest BCUT2D eigenvalue weighted by Crippen LogP contribution is -2.41. The molecule has 1 saturated heterocycles. The van der Waals surface area contributed by atoms with Crippen molar-refractivity contribution in [3.05, 3.63) is 53.6 Å². The van der Waals surface area contributed by atoms with E-state index in [1.54, 1.807) is 16.4 Å². The molecule has 1 fully saturated rings. The van der Waals surface area contributed by atoms with Crippen LogP contribution < -0.4 is 11.5 Å². The van der Waals surface area contributed by atoms with Gasteiger partial charge in [-0.1, -0.05) is 30.3 Å². The number of piperidine rings is 1. The van der Waals surface area contributed by atoms with E-state index in [1.807, 2.05) is 37.3 Å². The summed E-state index contributed by atoms with van der Waals surface area (Å²) in [6.07, 6.45) is 1.24. The van der Waals surface area contributed by atoms with Gasteiger partial charge in [0.05, 0.1) is 23.1 Å². The van der Waals surface area contributed by atoms with Gasteiger partial charge in [0.25, 0.3) is 0 Å². The number of nitrogens with two attached hydrogens (primary N) is 2. The largest absolute Gasteiger partial charge is 0.383 e. The summed E-state index contributed by atoms with van der Waals surface area (Å²) in [7, 11) is -3.49. The van der Waals surface area contributed by atoms with E-state index in [-0.39, 0.29) is 12.1 Å². The van der Waals surface area contributed by atoms with E-state index < -0.39 is 10.0 Å². The number of nitrogens with zero attached hydrogens (tertiary/aromatic N) is 3. The minimum Gasteiger partial charge on any atom is -0.383 e. The molecule has 0 unspecified atom stereocenters. The number of hydrogen-bond acceptors (Lipinski definition) is 7. The molecule has 158 valence electrons. The van der Waals surface area contributed by atoms with E-state index in [0.29, 0.717) is 48.8 Å². The normalized spacial score (nSPS) is 16.2. The summed E-state index contributed by atoms with van der Waals surface area (Å²) in [6.45, 7) is 3.03. The summed E-state index contributed by atoms with van der Waals surface area (Å²) in [5.41, 5.74) is 14.0. The quantitative estimate of drug-likeness (QED) is 0.641. The van der Waals surface area contributed by atoms with E-state index in [4.69, 9.17) is 16.2 Å². The van der Waals surface area contributed by atoms with Crippen molar-refractivity contribution in [1.82, 2.24) is 14.3 Å². The van der Waals surface area contributed by atoms with Crippen molar-refractivity contribution in [3.8, 4) is 0 Å². The third-order valence-electron chi connectivity index (χ3n) is 5.44. The predicted octanol–water partition coefficient (Wildman–Crippen LogP) is 2.47. The van der Waals surface area contributed by atoms with Gasteiger partial charge in [-0.2, -0.15) is 9.29 Å². The fourth-order valence-electron chi connectivity index (χ4n) is 3.86. The van der Waals surface area contributed by atoms with Gasteiger partial charge < -0.3 is 16.2 Å². The lowest BCUT2D eigenvalue weighted by atomic mass is 10.1. The summed E-state index contributed by atoms with van der Waals surface area (Å²) >= 11 is 0. The van der Waals surface area contributed by atoms with Gasteiger partial charge in [-0.25, -0.2) is 13.4 Å². The predicted molar refractivity (Wildman–Crippen MR) is 116 cm³/mol. The molecule has 4 N–H and O–H groups in total. The summed E-state index contributed by atoms with van der Waals surface area (Å²) < 4.78 is 33.5. The van der Waals surface area contributed by atoms with Crippen LogP contribution in [0, 0.1) is 6.92 Å². The number of aryl methyl sites for hydroxylation is 1. The second kappa shape index (κ2) is 8.17. The van der Waals surface area contributed by atoms with Crippen molar-refractivity contribution in [2.45, 2.75) is 37.4 Å². The number of sulfonamides is 1. The minimum atomic E-state index is -3.49. The number of fused-ring (bicyclic) bond motifs is 1. The van der Waals surface area contributed by atoms with Crippen LogP contribution in [-0.2, 0) is 21.4 Å². The van der Waals surface area contributed by atoms with Crippen molar-refractivity contribution >= 4 is 32.7 Å². The van der Waals surface area contributed by atoms with Gasteiger partial charge >= 0.3 is 0 Å². The van der Waals surface area contributed by atoms with Gasteiger partial charge in [-0.15, -0.1) is 0 Å². The van der Waals surface area contributed by atoms with Crippen LogP contribution in [-0.4, -0.2) is 41.9 Å². The van der Waals surface area contributed by atoms with Crippen LogP contribution in [0.3, 0.4) is 0 Å². The van der Waals surface area contributed by atoms with Gasteiger partial charge in [-0.3, -0.25) is 0 Å². The van der Waals surface area contributed by atoms with E-state index in [9.17, 15) is 8.42 Å². The van der Waals surface area contributed by atoms with Crippen LogP contribution in [0.15, 0.2) is 47.4 Å². The average Bonchev–Trinajstić information content (AvgIpc) is 2.72. The molecule has 0 spiro atoms. The molecular weight excluding hydrogens is 402 g/mol. The van der Waals surface area contributed by atoms with Crippen LogP contribution in [0.1, 0.15) is 24.0 Å². The molecule has 1 aromatic heterocycles. The number of hydrogen-bond donors (Lipinski definition) is 2. The summed E-state index contributed by atoms with van der Waals surface area (Å²) in [6, 6.07) is 12.7. The fourth-order valence-corrected chi connectivity index (χ4v) is 5.55. The van der Waals surface area contributed by atoms with Crippen molar-refractivity contribution in [3.63, 3.8) is 0 Å². The molecule has 0 bridgehead atoms. The maximum Gasteiger partial charge on any atom is 0.243 e. The Morgan fingerprint density at radius 1 is 1.07 bits per heavy atom. The summed E-state index contributed by atoms with van der Waals surface area (Å²) in [5.74, 6) is 0.469. The zero-order valence-corrected chi connectivity index (χ0v) is 17.6. The first-order valence-electron chi connectivity index (χ1n) is 9.84. The zero-order chi connectivity index (χ0) is 21.3. The molecule has 9 heteroatoms. The van der Waals surface area contributed by atoms with Crippen molar-refractivity contribution in [2.75, 3.05) is 24.6 Å². The molecule has 4 rings (SSSR count). The Morgan fingerprint density at radius 3 is 2.53 bits per heavy atom. The van der Waals surface area contributed by atoms with Gasteiger partial charge in [0.1, 0.15) is 5.82 Å². The Morgan fingerprint density at radius 2 is 1.80 bits per heavy atom. The molecule has 2 heterocycles. The zero-order valence-electron chi connectivity index (χ0n) is 16.8. The Kier molecular flexibility index (Phi) is 5.59. The molecular formula is C21H25N5O3S. The molecule has 0 aliphatic carbocycles. The van der Waals surface area contributed by atoms with Crippen molar-refractivity contribution in [1.29, 1.82) is 0 Å². The maximum atomic E-state index is 13.0. The van der Waals surface area contributed by atoms with E-state index in [1.165, 1.54) is 0 Å². The third-order valence-corrected chi connectivity index (χ3v) is 7.50. The summed E-state index contributed by atoms with van der Waals surface area (Å²) in [4.78, 5) is 8.64. The molecule has 3 aromatic rings. The molecule has 0 atom stereocenters. The van der Waals surface area contributed by atoms with E-state index in [2.05, 4.69) is 9.97 Å². The molecule has 8 nitrogen and oxygen atoms in total. The number of benzene rings is 2. The van der Waals surface area contributed by atoms with Crippen LogP contribution in [0.4, 0.5) is 11.8 Å². The average molecular weight is 428 g/mol. The highest BCUT2D eigenvalue weighted by Crippen LogP contribution is 2.27. The molecule has 30 heavy (non-hydrogen) atoms. The number of aromatic nitrogens is 2. The Labute approximate surface area is 175 Å². The molecule has 0 radical (unpaired) electrons. The highest BCUT2D eigenvalue weighted by atomic mass is 32.2. The van der Waals surface area contributed by atoms with E-state index >= 15 is 0 Å². The first-order valence-corrected chi connectivity index (χ1v) is 11.3. The van der Waals surface area contributed by atoms with Gasteiger partial charge in [0.15, 0.2) is 0 Å². The SMILES string of the molecule is Cc1ccccc1S(=O)(=O)N1CCC(OCc2cccc3nc(N)nc(N)c23)CC1. The van der Waals surface area contributed by atoms with Crippen LogP contribution in [0.25, 0.3) is 10.9 Å². The topological polar surface area (TPSA) is 124 Å². The second-order valence-corrected chi connectivity index (χ2v) is 9.36. The minimum absolute atomic E-state index is 0.0282. The van der Waals surface area contributed by atoms with Crippen molar-refractivity contribution < 1.29 is 13.2 Å². The Balaban J connectivity index is 1.42. The highest BCUT2D eigenvalue weighted by molar-refractivity contribution is 7.89. The van der Waals surface area contributed by atoms with E-state index in [0.717, 1.165) is 16.5 Å². The lowest BCUT2D eigenvalue weighted by Gasteiger charge is -2.31. The van der Waals surface area contributed by atoms with Crippen molar-refractivity contribution in [2.24, 2.45) is 0 Å². The number of nitrogen functional groups attached to an aromatic ring is 2. The van der Waals surface area contributed by atoms with Crippen LogP contribution in [0.2, 0.25) is 0 Å². The monoisotopic (exact) mass is 427 g/mol. The van der Waals surface area contributed by atoms with Gasteiger partial charge in [0.2, 0.25) is 16.0 Å². The first kappa shape index (κ1) is 20.5. The Bertz CT molecular complexity index is 1170. The van der Waals surface area contributed by atoms with Gasteiger partial charge in [-0.05, 0) is 43.0 Å². The lowest BCUT2D eigenvalue weighted by molar-refractivity contribution is 0.0107. The molecule has 2 aromatic carbocycles. The molecule has 0 amide bonds. The standard InChI is InChI=1S/C21H25N5O3S/c1-14-5-2-3-8-18(14)30(27,28)26-11-9-16(10-12-26)29-13-15-6-4-7-17-19(15)20(22)25-21(23)24-17/h2-8,16H,9-13H2,1H3,(H4,22,23,24,25). The van der Waals surface area contributed by atoms with Gasteiger partial charge in [0, 0.05) is 18.5 Å². The Hall–Kier alpha value is -2.75. The summed E-state index contributed by atoms with van der Waals surface area (Å²) in [5, 5.41) is 0.742. The molecule has 1 aliphatic heterocycles. The molecule has 1 aliphatic rings.